The first-order chi connectivity index (χ1) is 6.20. The molecule has 13 heavy (non-hydrogen) atoms. The normalized spacial score (nSPS) is 22.2. The summed E-state index contributed by atoms with van der Waals surface area (Å²) in [5.74, 6) is -0.378. The molecular formula is C8H10BrNO3. The standard InChI is InChI=1S/C8H10BrNO3/c1-13-8(12)6-3-2-4-7(9)10(6)5-11/h4-6H,2-3H2,1H3/t6-/m1/s1. The number of amides is 1. The van der Waals surface area contributed by atoms with Gasteiger partial charge in [0.25, 0.3) is 0 Å². The van der Waals surface area contributed by atoms with Gasteiger partial charge in [0.15, 0.2) is 0 Å². The number of allylic oxidation sites excluding steroid dienone is 1. The van der Waals surface area contributed by atoms with E-state index >= 15 is 0 Å². The minimum atomic E-state index is -0.484. The minimum Gasteiger partial charge on any atom is -0.467 e. The van der Waals surface area contributed by atoms with E-state index in [1.807, 2.05) is 6.08 Å². The van der Waals surface area contributed by atoms with Crippen LogP contribution in [0.3, 0.4) is 0 Å². The van der Waals surface area contributed by atoms with Crippen LogP contribution in [0.25, 0.3) is 0 Å². The van der Waals surface area contributed by atoms with Gasteiger partial charge < -0.3 is 4.74 Å². The number of esters is 1. The fraction of sp³-hybridized carbons (Fsp3) is 0.500. The number of rotatable bonds is 2. The van der Waals surface area contributed by atoms with Gasteiger partial charge in [-0.2, -0.15) is 0 Å². The molecule has 1 rings (SSSR count). The van der Waals surface area contributed by atoms with Gasteiger partial charge in [-0.15, -0.1) is 0 Å². The molecule has 1 aliphatic rings. The third-order valence-electron chi connectivity index (χ3n) is 1.92. The van der Waals surface area contributed by atoms with Crippen molar-refractivity contribution in [2.24, 2.45) is 0 Å². The summed E-state index contributed by atoms with van der Waals surface area (Å²) in [4.78, 5) is 23.2. The maximum absolute atomic E-state index is 11.2. The number of hydrogen-bond donors (Lipinski definition) is 0. The highest BCUT2D eigenvalue weighted by Gasteiger charge is 2.29. The van der Waals surface area contributed by atoms with E-state index in [0.29, 0.717) is 17.4 Å². The van der Waals surface area contributed by atoms with Crippen molar-refractivity contribution >= 4 is 28.3 Å². The van der Waals surface area contributed by atoms with Crippen LogP contribution in [0.15, 0.2) is 10.7 Å². The fourth-order valence-corrected chi connectivity index (χ4v) is 1.80. The van der Waals surface area contributed by atoms with Crippen molar-refractivity contribution in [2.75, 3.05) is 7.11 Å². The third kappa shape index (κ3) is 2.09. The summed E-state index contributed by atoms with van der Waals surface area (Å²) >= 11 is 3.20. The first-order valence-corrected chi connectivity index (χ1v) is 4.67. The number of ether oxygens (including phenoxy) is 1. The van der Waals surface area contributed by atoms with Crippen LogP contribution >= 0.6 is 15.9 Å². The number of carbonyl (C=O) groups is 2. The Hall–Kier alpha value is -0.840. The molecule has 1 amide bonds. The molecule has 0 unspecified atom stereocenters. The molecule has 1 heterocycles. The SMILES string of the molecule is COC(=O)[C@H]1CCC=C(Br)N1C=O. The maximum Gasteiger partial charge on any atom is 0.328 e. The Bertz CT molecular complexity index is 252. The monoisotopic (exact) mass is 247 g/mol. The first kappa shape index (κ1) is 10.2. The van der Waals surface area contributed by atoms with Crippen LogP contribution in [-0.2, 0) is 14.3 Å². The van der Waals surface area contributed by atoms with Crippen molar-refractivity contribution in [1.82, 2.24) is 4.90 Å². The molecule has 1 atom stereocenters. The highest BCUT2D eigenvalue weighted by atomic mass is 79.9. The Kier molecular flexibility index (Phi) is 3.48. The zero-order valence-electron chi connectivity index (χ0n) is 7.20. The van der Waals surface area contributed by atoms with Gasteiger partial charge in [-0.05, 0) is 28.8 Å². The van der Waals surface area contributed by atoms with Crippen LogP contribution in [0.5, 0.6) is 0 Å². The number of nitrogens with zero attached hydrogens (tertiary/aromatic N) is 1. The van der Waals surface area contributed by atoms with Crippen molar-refractivity contribution in [2.45, 2.75) is 18.9 Å². The van der Waals surface area contributed by atoms with Gasteiger partial charge in [0.1, 0.15) is 6.04 Å². The van der Waals surface area contributed by atoms with Gasteiger partial charge >= 0.3 is 5.97 Å². The quantitative estimate of drug-likeness (QED) is 0.416. The molecule has 5 heteroatoms. The van der Waals surface area contributed by atoms with Gasteiger partial charge in [0.05, 0.1) is 11.7 Å². The second kappa shape index (κ2) is 4.41. The highest BCUT2D eigenvalue weighted by molar-refractivity contribution is 9.11. The second-order valence-electron chi connectivity index (χ2n) is 2.66. The summed E-state index contributed by atoms with van der Waals surface area (Å²) in [5.41, 5.74) is 0. The molecule has 4 nitrogen and oxygen atoms in total. The largest absolute Gasteiger partial charge is 0.467 e. The van der Waals surface area contributed by atoms with E-state index in [1.165, 1.54) is 12.0 Å². The summed E-state index contributed by atoms with van der Waals surface area (Å²) in [5, 5.41) is 0. The minimum absolute atomic E-state index is 0.378. The number of hydrogen-bond acceptors (Lipinski definition) is 3. The summed E-state index contributed by atoms with van der Waals surface area (Å²) < 4.78 is 5.21. The lowest BCUT2D eigenvalue weighted by atomic mass is 10.1. The molecule has 0 aromatic carbocycles. The van der Waals surface area contributed by atoms with E-state index in [0.717, 1.165) is 6.42 Å². The molecular weight excluding hydrogens is 238 g/mol. The summed E-state index contributed by atoms with van der Waals surface area (Å²) in [7, 11) is 1.32. The van der Waals surface area contributed by atoms with Gasteiger partial charge in [0.2, 0.25) is 6.41 Å². The van der Waals surface area contributed by atoms with Crippen LogP contribution < -0.4 is 0 Å². The summed E-state index contributed by atoms with van der Waals surface area (Å²) in [6.07, 6.45) is 3.86. The Balaban J connectivity index is 2.80. The predicted molar refractivity (Wildman–Crippen MR) is 50.0 cm³/mol. The van der Waals surface area contributed by atoms with Crippen molar-refractivity contribution in [3.63, 3.8) is 0 Å². The highest BCUT2D eigenvalue weighted by Crippen LogP contribution is 2.24. The lowest BCUT2D eigenvalue weighted by Gasteiger charge is -2.28. The molecule has 72 valence electrons. The maximum atomic E-state index is 11.2. The molecule has 0 bridgehead atoms. The van der Waals surface area contributed by atoms with E-state index in [9.17, 15) is 9.59 Å². The average Bonchev–Trinajstić information content (AvgIpc) is 2.16. The molecule has 0 aliphatic carbocycles. The average molecular weight is 248 g/mol. The summed E-state index contributed by atoms with van der Waals surface area (Å²) in [6.45, 7) is 0. The molecule has 0 aromatic rings. The van der Waals surface area contributed by atoms with Crippen molar-refractivity contribution < 1.29 is 14.3 Å². The van der Waals surface area contributed by atoms with Gasteiger partial charge in [-0.3, -0.25) is 9.69 Å². The molecule has 0 fully saturated rings. The van der Waals surface area contributed by atoms with Crippen LogP contribution in [0.4, 0.5) is 0 Å². The zero-order valence-corrected chi connectivity index (χ0v) is 8.78. The summed E-state index contributed by atoms with van der Waals surface area (Å²) in [6, 6.07) is -0.484. The van der Waals surface area contributed by atoms with Crippen LogP contribution in [0, 0.1) is 0 Å². The Morgan fingerprint density at radius 2 is 2.54 bits per heavy atom. The molecule has 0 saturated heterocycles. The van der Waals surface area contributed by atoms with Crippen LogP contribution in [-0.4, -0.2) is 30.4 Å². The van der Waals surface area contributed by atoms with Crippen LogP contribution in [0.2, 0.25) is 0 Å². The number of halogens is 1. The van der Waals surface area contributed by atoms with E-state index in [4.69, 9.17) is 0 Å². The van der Waals surface area contributed by atoms with E-state index in [1.54, 1.807) is 0 Å². The van der Waals surface area contributed by atoms with E-state index in [-0.39, 0.29) is 5.97 Å². The number of carbonyl (C=O) groups excluding carboxylic acids is 2. The smallest absolute Gasteiger partial charge is 0.328 e. The Morgan fingerprint density at radius 3 is 3.08 bits per heavy atom. The van der Waals surface area contributed by atoms with Crippen LogP contribution in [0.1, 0.15) is 12.8 Å². The number of methoxy groups -OCH3 is 1. The fourth-order valence-electron chi connectivity index (χ4n) is 1.24. The molecule has 0 radical (unpaired) electrons. The first-order valence-electron chi connectivity index (χ1n) is 3.88. The van der Waals surface area contributed by atoms with E-state index < -0.39 is 6.04 Å². The third-order valence-corrected chi connectivity index (χ3v) is 2.66. The van der Waals surface area contributed by atoms with Gasteiger partial charge in [-0.1, -0.05) is 6.08 Å². The molecule has 1 aliphatic heterocycles. The van der Waals surface area contributed by atoms with Gasteiger partial charge in [0, 0.05) is 0 Å². The Labute approximate surface area is 84.7 Å². The lowest BCUT2D eigenvalue weighted by molar-refractivity contribution is -0.148. The van der Waals surface area contributed by atoms with Gasteiger partial charge in [-0.25, -0.2) is 4.79 Å². The molecule has 0 spiro atoms. The molecule has 0 saturated carbocycles. The second-order valence-corrected chi connectivity index (χ2v) is 3.47. The topological polar surface area (TPSA) is 46.6 Å². The van der Waals surface area contributed by atoms with E-state index in [2.05, 4.69) is 20.7 Å². The molecule has 0 aromatic heterocycles. The van der Waals surface area contributed by atoms with Crippen molar-refractivity contribution in [3.05, 3.63) is 10.7 Å². The van der Waals surface area contributed by atoms with Crippen molar-refractivity contribution in [3.8, 4) is 0 Å². The Morgan fingerprint density at radius 1 is 1.85 bits per heavy atom. The van der Waals surface area contributed by atoms with Crippen molar-refractivity contribution in [1.29, 1.82) is 0 Å². The zero-order chi connectivity index (χ0) is 9.84. The molecule has 0 N–H and O–H groups in total. The predicted octanol–water partition coefficient (Wildman–Crippen LogP) is 1.02. The lowest BCUT2D eigenvalue weighted by Crippen LogP contribution is -2.41.